The van der Waals surface area contributed by atoms with Gasteiger partial charge >= 0.3 is 0 Å². The second kappa shape index (κ2) is 5.45. The summed E-state index contributed by atoms with van der Waals surface area (Å²) in [6.07, 6.45) is 3.81. The fourth-order valence-electron chi connectivity index (χ4n) is 1.80. The van der Waals surface area contributed by atoms with Crippen molar-refractivity contribution < 1.29 is 0 Å². The average molecular weight is 249 g/mol. The lowest BCUT2D eigenvalue weighted by Gasteiger charge is -2.04. The van der Waals surface area contributed by atoms with Crippen LogP contribution in [0, 0.1) is 32.1 Å². The van der Waals surface area contributed by atoms with Crippen molar-refractivity contribution in [3.63, 3.8) is 0 Å². The highest BCUT2D eigenvalue weighted by Crippen LogP contribution is 2.14. The van der Waals surface area contributed by atoms with E-state index in [0.717, 1.165) is 28.3 Å². The molecule has 0 saturated heterocycles. The highest BCUT2D eigenvalue weighted by molar-refractivity contribution is 5.71. The lowest BCUT2D eigenvalue weighted by Crippen LogP contribution is -1.98. The molecule has 2 aromatic rings. The van der Waals surface area contributed by atoms with Crippen LogP contribution in [0.5, 0.6) is 0 Å². The number of nitriles is 1. The van der Waals surface area contributed by atoms with E-state index < -0.39 is 0 Å². The Morgan fingerprint density at radius 1 is 0.947 bits per heavy atom. The maximum absolute atomic E-state index is 9.04. The highest BCUT2D eigenvalue weighted by Gasteiger charge is 2.02. The molecule has 0 aliphatic rings. The minimum Gasteiger partial charge on any atom is -0.254 e. The first-order chi connectivity index (χ1) is 9.11. The molecule has 1 aromatic carbocycles. The van der Waals surface area contributed by atoms with Crippen LogP contribution < -0.4 is 0 Å². The second-order valence-corrected chi connectivity index (χ2v) is 4.40. The molecular weight excluding hydrogens is 234 g/mol. The SMILES string of the molecule is Cc1nc(C)c(C=Cc2ccccc2C#N)nc1C. The normalized spacial score (nSPS) is 10.6. The Morgan fingerprint density at radius 2 is 1.63 bits per heavy atom. The summed E-state index contributed by atoms with van der Waals surface area (Å²) in [5.41, 5.74) is 5.17. The van der Waals surface area contributed by atoms with Crippen LogP contribution in [0.15, 0.2) is 24.3 Å². The molecule has 0 spiro atoms. The number of aromatic nitrogens is 2. The molecule has 1 heterocycles. The molecule has 0 unspecified atom stereocenters. The summed E-state index contributed by atoms with van der Waals surface area (Å²) in [6, 6.07) is 9.67. The first-order valence-corrected chi connectivity index (χ1v) is 6.11. The van der Waals surface area contributed by atoms with Crippen LogP contribution in [0.4, 0.5) is 0 Å². The second-order valence-electron chi connectivity index (χ2n) is 4.40. The Kier molecular flexibility index (Phi) is 3.72. The van der Waals surface area contributed by atoms with E-state index in [9.17, 15) is 0 Å². The molecule has 1 aromatic heterocycles. The number of rotatable bonds is 2. The molecule has 0 N–H and O–H groups in total. The molecule has 0 radical (unpaired) electrons. The largest absolute Gasteiger partial charge is 0.254 e. The number of hydrogen-bond acceptors (Lipinski definition) is 3. The van der Waals surface area contributed by atoms with E-state index in [2.05, 4.69) is 16.0 Å². The third-order valence-electron chi connectivity index (χ3n) is 3.02. The van der Waals surface area contributed by atoms with Crippen molar-refractivity contribution in [2.24, 2.45) is 0 Å². The van der Waals surface area contributed by atoms with Crippen molar-refractivity contribution >= 4 is 12.2 Å². The lowest BCUT2D eigenvalue weighted by atomic mass is 10.1. The van der Waals surface area contributed by atoms with Gasteiger partial charge in [-0.2, -0.15) is 5.26 Å². The van der Waals surface area contributed by atoms with E-state index in [1.807, 2.05) is 51.1 Å². The van der Waals surface area contributed by atoms with Crippen molar-refractivity contribution in [2.75, 3.05) is 0 Å². The van der Waals surface area contributed by atoms with E-state index in [1.54, 1.807) is 6.07 Å². The molecule has 0 aliphatic heterocycles. The van der Waals surface area contributed by atoms with Crippen molar-refractivity contribution in [3.05, 3.63) is 58.2 Å². The van der Waals surface area contributed by atoms with Crippen molar-refractivity contribution in [2.45, 2.75) is 20.8 Å². The molecule has 0 amide bonds. The maximum atomic E-state index is 9.04. The van der Waals surface area contributed by atoms with Gasteiger partial charge in [0.2, 0.25) is 0 Å². The molecule has 0 fully saturated rings. The monoisotopic (exact) mass is 249 g/mol. The summed E-state index contributed by atoms with van der Waals surface area (Å²) in [7, 11) is 0. The van der Waals surface area contributed by atoms with Gasteiger partial charge in [0.25, 0.3) is 0 Å². The highest BCUT2D eigenvalue weighted by atomic mass is 14.8. The zero-order valence-corrected chi connectivity index (χ0v) is 11.3. The molecule has 0 saturated carbocycles. The van der Waals surface area contributed by atoms with Crippen molar-refractivity contribution in [1.82, 2.24) is 9.97 Å². The van der Waals surface area contributed by atoms with Crippen LogP contribution in [-0.2, 0) is 0 Å². The average Bonchev–Trinajstić information content (AvgIpc) is 2.41. The molecule has 3 heteroatoms. The van der Waals surface area contributed by atoms with Crippen LogP contribution in [0.3, 0.4) is 0 Å². The van der Waals surface area contributed by atoms with E-state index in [4.69, 9.17) is 5.26 Å². The van der Waals surface area contributed by atoms with Gasteiger partial charge in [-0.1, -0.05) is 24.3 Å². The predicted molar refractivity (Wildman–Crippen MR) is 76.3 cm³/mol. The van der Waals surface area contributed by atoms with Gasteiger partial charge in [0.05, 0.1) is 34.4 Å². The van der Waals surface area contributed by atoms with Gasteiger partial charge in [0, 0.05) is 0 Å². The van der Waals surface area contributed by atoms with Crippen molar-refractivity contribution in [3.8, 4) is 6.07 Å². The minimum absolute atomic E-state index is 0.660. The van der Waals surface area contributed by atoms with Gasteiger partial charge in [0.1, 0.15) is 0 Å². The van der Waals surface area contributed by atoms with Gasteiger partial charge in [-0.15, -0.1) is 0 Å². The topological polar surface area (TPSA) is 49.6 Å². The van der Waals surface area contributed by atoms with Gasteiger partial charge in [0.15, 0.2) is 0 Å². The molecule has 0 atom stereocenters. The summed E-state index contributed by atoms with van der Waals surface area (Å²) in [6.45, 7) is 5.84. The van der Waals surface area contributed by atoms with Gasteiger partial charge in [-0.3, -0.25) is 4.98 Å². The Hall–Kier alpha value is -2.47. The fourth-order valence-corrected chi connectivity index (χ4v) is 1.80. The Balaban J connectivity index is 2.39. The first kappa shape index (κ1) is 13.0. The zero-order valence-electron chi connectivity index (χ0n) is 11.3. The molecule has 3 nitrogen and oxygen atoms in total. The van der Waals surface area contributed by atoms with Crippen LogP contribution in [0.25, 0.3) is 12.2 Å². The van der Waals surface area contributed by atoms with Crippen molar-refractivity contribution in [1.29, 1.82) is 5.26 Å². The quantitative estimate of drug-likeness (QED) is 0.819. The zero-order chi connectivity index (χ0) is 13.8. The fraction of sp³-hybridized carbons (Fsp3) is 0.188. The summed E-state index contributed by atoms with van der Waals surface area (Å²) in [5, 5.41) is 9.04. The molecule has 0 bridgehead atoms. The maximum Gasteiger partial charge on any atom is 0.0997 e. The molecule has 0 aliphatic carbocycles. The summed E-state index contributed by atoms with van der Waals surface area (Å²) < 4.78 is 0. The van der Waals surface area contributed by atoms with E-state index in [1.165, 1.54) is 0 Å². The van der Waals surface area contributed by atoms with E-state index >= 15 is 0 Å². The third-order valence-corrected chi connectivity index (χ3v) is 3.02. The first-order valence-electron chi connectivity index (χ1n) is 6.11. The Morgan fingerprint density at radius 3 is 2.37 bits per heavy atom. The number of benzene rings is 1. The molecule has 2 rings (SSSR count). The molecule has 94 valence electrons. The summed E-state index contributed by atoms with van der Waals surface area (Å²) in [4.78, 5) is 8.96. The van der Waals surface area contributed by atoms with Gasteiger partial charge in [-0.05, 0) is 38.5 Å². The molecule has 19 heavy (non-hydrogen) atoms. The van der Waals surface area contributed by atoms with Crippen LogP contribution in [0.2, 0.25) is 0 Å². The van der Waals surface area contributed by atoms with E-state index in [-0.39, 0.29) is 0 Å². The number of hydrogen-bond donors (Lipinski definition) is 0. The Labute approximate surface area is 113 Å². The Bertz CT molecular complexity index is 679. The van der Waals surface area contributed by atoms with Gasteiger partial charge in [-0.25, -0.2) is 4.98 Å². The predicted octanol–water partition coefficient (Wildman–Crippen LogP) is 3.44. The summed E-state index contributed by atoms with van der Waals surface area (Å²) in [5.74, 6) is 0. The van der Waals surface area contributed by atoms with Crippen LogP contribution in [0.1, 0.15) is 33.9 Å². The number of aryl methyl sites for hydroxylation is 3. The van der Waals surface area contributed by atoms with Crippen LogP contribution in [-0.4, -0.2) is 9.97 Å². The smallest absolute Gasteiger partial charge is 0.0997 e. The third kappa shape index (κ3) is 2.86. The molecular formula is C16H15N3. The van der Waals surface area contributed by atoms with Crippen LogP contribution >= 0.6 is 0 Å². The summed E-state index contributed by atoms with van der Waals surface area (Å²) >= 11 is 0. The minimum atomic E-state index is 0.660. The number of nitrogens with zero attached hydrogens (tertiary/aromatic N) is 3. The van der Waals surface area contributed by atoms with E-state index in [0.29, 0.717) is 5.56 Å². The standard InChI is InChI=1S/C16H15N3/c1-11-12(2)19-16(13(3)18-11)9-8-14-6-4-5-7-15(14)10-17/h4-9H,1-3H3. The van der Waals surface area contributed by atoms with Gasteiger partial charge < -0.3 is 0 Å². The lowest BCUT2D eigenvalue weighted by molar-refractivity contribution is 0.991.